The van der Waals surface area contributed by atoms with E-state index in [0.29, 0.717) is 5.56 Å². The van der Waals surface area contributed by atoms with Crippen LogP contribution < -0.4 is 5.73 Å². The molecule has 0 heterocycles. The number of anilines is 1. The summed E-state index contributed by atoms with van der Waals surface area (Å²) in [5.41, 5.74) is 7.67. The highest BCUT2D eigenvalue weighted by Crippen LogP contribution is 2.31. The third-order valence-electron chi connectivity index (χ3n) is 2.53. The molecule has 0 aliphatic heterocycles. The maximum absolute atomic E-state index is 13.3. The number of rotatable bonds is 1. The van der Waals surface area contributed by atoms with Crippen molar-refractivity contribution in [3.63, 3.8) is 0 Å². The molecule has 82 valence electrons. The maximum Gasteiger partial charge on any atom is 0.149 e. The second-order valence-electron chi connectivity index (χ2n) is 3.66. The molecule has 0 unspecified atom stereocenters. The second kappa shape index (κ2) is 3.93. The van der Waals surface area contributed by atoms with Crippen LogP contribution in [-0.4, -0.2) is 0 Å². The molecule has 2 N–H and O–H groups in total. The van der Waals surface area contributed by atoms with Crippen molar-refractivity contribution in [1.82, 2.24) is 0 Å². The van der Waals surface area contributed by atoms with E-state index in [1.54, 1.807) is 6.07 Å². The summed E-state index contributed by atoms with van der Waals surface area (Å²) in [7, 11) is 0. The molecule has 0 aromatic heterocycles. The Balaban J connectivity index is 2.69. The number of hydrogen-bond acceptors (Lipinski definition) is 1. The van der Waals surface area contributed by atoms with Gasteiger partial charge in [-0.3, -0.25) is 0 Å². The van der Waals surface area contributed by atoms with Gasteiger partial charge in [0, 0.05) is 11.6 Å². The Morgan fingerprint density at radius 2 is 1.69 bits per heavy atom. The number of nitrogens with two attached hydrogens (primary N) is 1. The molecule has 0 bridgehead atoms. The van der Waals surface area contributed by atoms with Crippen molar-refractivity contribution < 1.29 is 8.78 Å². The first kappa shape index (κ1) is 10.6. The predicted molar refractivity (Wildman–Crippen MR) is 60.9 cm³/mol. The summed E-state index contributed by atoms with van der Waals surface area (Å²) in [4.78, 5) is 0. The number of halogens is 2. The minimum absolute atomic E-state index is 0.0179. The molecule has 1 nitrogen and oxygen atoms in total. The lowest BCUT2D eigenvalue weighted by atomic mass is 9.99. The fourth-order valence-corrected chi connectivity index (χ4v) is 1.68. The maximum atomic E-state index is 13.3. The Bertz CT molecular complexity index is 535. The van der Waals surface area contributed by atoms with E-state index in [0.717, 1.165) is 17.2 Å². The smallest absolute Gasteiger partial charge is 0.149 e. The molecule has 2 aromatic rings. The number of benzene rings is 2. The van der Waals surface area contributed by atoms with Crippen LogP contribution >= 0.6 is 0 Å². The number of aryl methyl sites for hydroxylation is 1. The summed E-state index contributed by atoms with van der Waals surface area (Å²) in [6.07, 6.45) is 0. The van der Waals surface area contributed by atoms with Crippen LogP contribution in [0.4, 0.5) is 14.5 Å². The van der Waals surface area contributed by atoms with E-state index in [-0.39, 0.29) is 5.69 Å². The van der Waals surface area contributed by atoms with E-state index in [1.807, 2.05) is 25.1 Å². The van der Waals surface area contributed by atoms with Gasteiger partial charge in [0.05, 0.1) is 5.69 Å². The van der Waals surface area contributed by atoms with E-state index in [4.69, 9.17) is 5.73 Å². The predicted octanol–water partition coefficient (Wildman–Crippen LogP) is 3.52. The van der Waals surface area contributed by atoms with Crippen LogP contribution in [0.2, 0.25) is 0 Å². The van der Waals surface area contributed by atoms with Gasteiger partial charge in [0.25, 0.3) is 0 Å². The Kier molecular flexibility index (Phi) is 2.60. The topological polar surface area (TPSA) is 26.0 Å². The summed E-state index contributed by atoms with van der Waals surface area (Å²) in [5.74, 6) is -1.34. The van der Waals surface area contributed by atoms with E-state index in [9.17, 15) is 8.78 Å². The van der Waals surface area contributed by atoms with Gasteiger partial charge in [0.2, 0.25) is 0 Å². The van der Waals surface area contributed by atoms with Crippen LogP contribution in [0.3, 0.4) is 0 Å². The Morgan fingerprint density at radius 1 is 1.00 bits per heavy atom. The third kappa shape index (κ3) is 1.76. The lowest BCUT2D eigenvalue weighted by molar-refractivity contribution is 0.587. The fraction of sp³-hybridized carbons (Fsp3) is 0.0769. The molecular formula is C13H11F2N. The van der Waals surface area contributed by atoms with Crippen molar-refractivity contribution >= 4 is 5.69 Å². The highest BCUT2D eigenvalue weighted by atomic mass is 19.1. The quantitative estimate of drug-likeness (QED) is 0.729. The lowest BCUT2D eigenvalue weighted by Crippen LogP contribution is -1.97. The Morgan fingerprint density at radius 3 is 2.38 bits per heavy atom. The summed E-state index contributed by atoms with van der Waals surface area (Å²) < 4.78 is 26.4. The van der Waals surface area contributed by atoms with E-state index < -0.39 is 11.6 Å². The highest BCUT2D eigenvalue weighted by molar-refractivity contribution is 5.78. The first-order valence-corrected chi connectivity index (χ1v) is 4.90. The van der Waals surface area contributed by atoms with Crippen molar-refractivity contribution in [3.05, 3.63) is 53.6 Å². The van der Waals surface area contributed by atoms with Gasteiger partial charge < -0.3 is 5.73 Å². The molecular weight excluding hydrogens is 208 g/mol. The van der Waals surface area contributed by atoms with Crippen LogP contribution in [-0.2, 0) is 0 Å². The molecule has 0 atom stereocenters. The normalized spacial score (nSPS) is 10.4. The largest absolute Gasteiger partial charge is 0.396 e. The summed E-state index contributed by atoms with van der Waals surface area (Å²) in [6, 6.07) is 9.38. The van der Waals surface area contributed by atoms with Gasteiger partial charge in [-0.2, -0.15) is 0 Å². The van der Waals surface area contributed by atoms with Crippen molar-refractivity contribution in [2.75, 3.05) is 5.73 Å². The Hall–Kier alpha value is -1.90. The summed E-state index contributed by atoms with van der Waals surface area (Å²) >= 11 is 0. The lowest BCUT2D eigenvalue weighted by Gasteiger charge is -2.09. The first-order chi connectivity index (χ1) is 7.59. The van der Waals surface area contributed by atoms with Crippen molar-refractivity contribution in [2.45, 2.75) is 6.92 Å². The van der Waals surface area contributed by atoms with E-state index in [2.05, 4.69) is 0 Å². The van der Waals surface area contributed by atoms with Gasteiger partial charge in [-0.05, 0) is 24.1 Å². The van der Waals surface area contributed by atoms with Gasteiger partial charge in [-0.1, -0.05) is 24.3 Å². The van der Waals surface area contributed by atoms with Crippen LogP contribution in [0.25, 0.3) is 11.1 Å². The number of nitrogen functional groups attached to an aromatic ring is 1. The standard InChI is InChI=1S/C13H11F2N/c1-8-4-2-3-5-10(8)11-6-9(14)7-12(15)13(11)16/h2-7H,16H2,1H3. The summed E-state index contributed by atoms with van der Waals surface area (Å²) in [6.45, 7) is 1.87. The van der Waals surface area contributed by atoms with Crippen LogP contribution in [0.5, 0.6) is 0 Å². The molecule has 16 heavy (non-hydrogen) atoms. The zero-order valence-electron chi connectivity index (χ0n) is 8.80. The SMILES string of the molecule is Cc1ccccc1-c1cc(F)cc(F)c1N. The zero-order valence-corrected chi connectivity index (χ0v) is 8.80. The molecule has 0 amide bonds. The van der Waals surface area contributed by atoms with Crippen molar-refractivity contribution in [2.24, 2.45) is 0 Å². The van der Waals surface area contributed by atoms with Crippen LogP contribution in [0.1, 0.15) is 5.56 Å². The molecule has 0 radical (unpaired) electrons. The number of hydrogen-bond donors (Lipinski definition) is 1. The molecule has 0 saturated carbocycles. The van der Waals surface area contributed by atoms with Crippen LogP contribution in [0.15, 0.2) is 36.4 Å². The third-order valence-corrected chi connectivity index (χ3v) is 2.53. The first-order valence-electron chi connectivity index (χ1n) is 4.90. The minimum Gasteiger partial charge on any atom is -0.396 e. The average Bonchev–Trinajstić information content (AvgIpc) is 2.24. The van der Waals surface area contributed by atoms with E-state index >= 15 is 0 Å². The van der Waals surface area contributed by atoms with Gasteiger partial charge >= 0.3 is 0 Å². The fourth-order valence-electron chi connectivity index (χ4n) is 1.68. The van der Waals surface area contributed by atoms with Gasteiger partial charge in [-0.15, -0.1) is 0 Å². The molecule has 0 spiro atoms. The van der Waals surface area contributed by atoms with Gasteiger partial charge in [-0.25, -0.2) is 8.78 Å². The molecule has 0 fully saturated rings. The molecule has 0 aliphatic carbocycles. The highest BCUT2D eigenvalue weighted by Gasteiger charge is 2.11. The second-order valence-corrected chi connectivity index (χ2v) is 3.66. The molecule has 2 aromatic carbocycles. The average molecular weight is 219 g/mol. The van der Waals surface area contributed by atoms with E-state index in [1.165, 1.54) is 6.07 Å². The minimum atomic E-state index is -0.724. The Labute approximate surface area is 92.5 Å². The van der Waals surface area contributed by atoms with Crippen molar-refractivity contribution in [3.8, 4) is 11.1 Å². The monoisotopic (exact) mass is 219 g/mol. The molecule has 0 aliphatic rings. The molecule has 2 rings (SSSR count). The zero-order chi connectivity index (χ0) is 11.7. The van der Waals surface area contributed by atoms with Crippen LogP contribution in [0, 0.1) is 18.6 Å². The molecule has 0 saturated heterocycles. The summed E-state index contributed by atoms with van der Waals surface area (Å²) in [5, 5.41) is 0. The van der Waals surface area contributed by atoms with Gasteiger partial charge in [0.1, 0.15) is 11.6 Å². The van der Waals surface area contributed by atoms with Crippen molar-refractivity contribution in [1.29, 1.82) is 0 Å². The molecule has 3 heteroatoms. The van der Waals surface area contributed by atoms with Gasteiger partial charge in [0.15, 0.2) is 0 Å².